The van der Waals surface area contributed by atoms with Gasteiger partial charge >= 0.3 is 0 Å². The van der Waals surface area contributed by atoms with Gasteiger partial charge in [-0.3, -0.25) is 5.32 Å². The first-order chi connectivity index (χ1) is 4.77. The second kappa shape index (κ2) is 3.35. The lowest BCUT2D eigenvalue weighted by Crippen LogP contribution is -2.41. The monoisotopic (exact) mass is 143 g/mol. The number of rotatable bonds is 1. The fourth-order valence-electron chi connectivity index (χ4n) is 1.56. The molecule has 0 bridgehead atoms. The van der Waals surface area contributed by atoms with E-state index in [1.165, 1.54) is 12.8 Å². The summed E-state index contributed by atoms with van der Waals surface area (Å²) in [5.74, 6) is 0. The summed E-state index contributed by atoms with van der Waals surface area (Å²) < 4.78 is 0. The Hall–Kier alpha value is -0.0800. The Morgan fingerprint density at radius 3 is 2.00 bits per heavy atom. The highest BCUT2D eigenvalue weighted by molar-refractivity contribution is 4.76. The molecule has 0 amide bonds. The number of hydrogen-bond acceptors (Lipinski definition) is 2. The van der Waals surface area contributed by atoms with Crippen LogP contribution in [0.4, 0.5) is 0 Å². The van der Waals surface area contributed by atoms with E-state index in [-0.39, 0.29) is 0 Å². The molecule has 0 saturated heterocycles. The zero-order valence-corrected chi connectivity index (χ0v) is 6.69. The van der Waals surface area contributed by atoms with E-state index in [2.05, 4.69) is 5.32 Å². The van der Waals surface area contributed by atoms with Gasteiger partial charge in [0, 0.05) is 0 Å². The molecule has 0 aromatic carbocycles. The van der Waals surface area contributed by atoms with Crippen LogP contribution in [-0.2, 0) is 0 Å². The normalized spacial score (nSPS) is 25.8. The molecule has 0 aliphatic heterocycles. The van der Waals surface area contributed by atoms with E-state index in [4.69, 9.17) is 0 Å². The minimum absolute atomic E-state index is 0.545. The van der Waals surface area contributed by atoms with E-state index in [9.17, 15) is 5.11 Å². The van der Waals surface area contributed by atoms with Gasteiger partial charge in [-0.05, 0) is 32.7 Å². The summed E-state index contributed by atoms with van der Waals surface area (Å²) in [6.07, 6.45) is 6.73. The molecule has 0 aromatic heterocycles. The molecular weight excluding hydrogens is 126 g/mol. The Labute approximate surface area is 62.6 Å². The average molecular weight is 143 g/mol. The lowest BCUT2D eigenvalue weighted by Gasteiger charge is -2.25. The predicted octanol–water partition coefficient (Wildman–Crippen LogP) is 1.25. The Bertz CT molecular complexity index is 95.4. The van der Waals surface area contributed by atoms with Gasteiger partial charge in [-0.15, -0.1) is 0 Å². The largest absolute Gasteiger partial charge is 0.376 e. The quantitative estimate of drug-likeness (QED) is 0.427. The second-order valence-electron chi connectivity index (χ2n) is 3.20. The van der Waals surface area contributed by atoms with Crippen LogP contribution in [0.25, 0.3) is 0 Å². The summed E-state index contributed by atoms with van der Waals surface area (Å²) in [6.45, 7) is 0. The summed E-state index contributed by atoms with van der Waals surface area (Å²) in [5.41, 5.74) is -0.545. The highest BCUT2D eigenvalue weighted by Gasteiger charge is 2.24. The molecule has 0 heterocycles. The average Bonchev–Trinajstić information content (AvgIpc) is 2.15. The van der Waals surface area contributed by atoms with Crippen molar-refractivity contribution in [3.8, 4) is 0 Å². The zero-order chi connectivity index (χ0) is 7.45. The van der Waals surface area contributed by atoms with E-state index in [1.807, 2.05) is 7.05 Å². The van der Waals surface area contributed by atoms with Crippen molar-refractivity contribution < 1.29 is 5.11 Å². The molecule has 2 nitrogen and oxygen atoms in total. The van der Waals surface area contributed by atoms with Crippen molar-refractivity contribution in [2.75, 3.05) is 7.05 Å². The van der Waals surface area contributed by atoms with Gasteiger partial charge in [-0.2, -0.15) is 0 Å². The number of aliphatic hydroxyl groups is 1. The highest BCUT2D eigenvalue weighted by Crippen LogP contribution is 2.23. The third-order valence-corrected chi connectivity index (χ3v) is 2.40. The summed E-state index contributed by atoms with van der Waals surface area (Å²) in [6, 6.07) is 0. The topological polar surface area (TPSA) is 32.3 Å². The first-order valence-electron chi connectivity index (χ1n) is 4.18. The molecule has 60 valence electrons. The van der Waals surface area contributed by atoms with Gasteiger partial charge in [-0.25, -0.2) is 0 Å². The van der Waals surface area contributed by atoms with Crippen molar-refractivity contribution in [2.45, 2.75) is 44.2 Å². The van der Waals surface area contributed by atoms with Crippen LogP contribution in [0.2, 0.25) is 0 Å². The Kier molecular flexibility index (Phi) is 2.69. The minimum atomic E-state index is -0.545. The van der Waals surface area contributed by atoms with Crippen LogP contribution >= 0.6 is 0 Å². The van der Waals surface area contributed by atoms with E-state index < -0.39 is 5.72 Å². The molecule has 1 fully saturated rings. The van der Waals surface area contributed by atoms with Crippen LogP contribution in [0, 0.1) is 0 Å². The first kappa shape index (κ1) is 8.02. The number of hydrogen-bond donors (Lipinski definition) is 2. The molecule has 1 saturated carbocycles. The molecule has 0 atom stereocenters. The predicted molar refractivity (Wildman–Crippen MR) is 41.7 cm³/mol. The highest BCUT2D eigenvalue weighted by atomic mass is 16.3. The van der Waals surface area contributed by atoms with Gasteiger partial charge < -0.3 is 5.11 Å². The van der Waals surface area contributed by atoms with E-state index in [1.54, 1.807) is 0 Å². The van der Waals surface area contributed by atoms with Crippen LogP contribution in [0.1, 0.15) is 38.5 Å². The van der Waals surface area contributed by atoms with E-state index in [0.29, 0.717) is 0 Å². The molecule has 1 aliphatic carbocycles. The van der Waals surface area contributed by atoms with Crippen LogP contribution in [0.5, 0.6) is 0 Å². The van der Waals surface area contributed by atoms with Crippen LogP contribution in [0.3, 0.4) is 0 Å². The van der Waals surface area contributed by atoms with Crippen molar-refractivity contribution in [1.82, 2.24) is 5.32 Å². The maximum absolute atomic E-state index is 9.75. The van der Waals surface area contributed by atoms with Crippen molar-refractivity contribution in [1.29, 1.82) is 0 Å². The second-order valence-corrected chi connectivity index (χ2v) is 3.20. The fraction of sp³-hybridized carbons (Fsp3) is 1.00. The molecule has 0 spiro atoms. The minimum Gasteiger partial charge on any atom is -0.376 e. The van der Waals surface area contributed by atoms with Gasteiger partial charge in [0.05, 0.1) is 0 Å². The molecule has 0 aromatic rings. The zero-order valence-electron chi connectivity index (χ0n) is 6.69. The summed E-state index contributed by atoms with van der Waals surface area (Å²) in [7, 11) is 1.84. The van der Waals surface area contributed by atoms with E-state index >= 15 is 0 Å². The van der Waals surface area contributed by atoms with Gasteiger partial charge in [0.2, 0.25) is 0 Å². The molecule has 1 aliphatic rings. The number of nitrogens with one attached hydrogen (secondary N) is 1. The maximum atomic E-state index is 9.75. The third kappa shape index (κ3) is 1.96. The van der Waals surface area contributed by atoms with Gasteiger partial charge in [-0.1, -0.05) is 12.8 Å². The summed E-state index contributed by atoms with van der Waals surface area (Å²) >= 11 is 0. The standard InChI is InChI=1S/C8H17NO/c1-9-8(10)6-4-2-3-5-7-8/h9-10H,2-7H2,1H3. The summed E-state index contributed by atoms with van der Waals surface area (Å²) in [5, 5.41) is 12.7. The smallest absolute Gasteiger partial charge is 0.115 e. The van der Waals surface area contributed by atoms with Gasteiger partial charge in [0.1, 0.15) is 5.72 Å². The molecule has 10 heavy (non-hydrogen) atoms. The van der Waals surface area contributed by atoms with Crippen molar-refractivity contribution in [2.24, 2.45) is 0 Å². The van der Waals surface area contributed by atoms with Crippen molar-refractivity contribution in [3.05, 3.63) is 0 Å². The maximum Gasteiger partial charge on any atom is 0.115 e. The molecule has 2 N–H and O–H groups in total. The lowest BCUT2D eigenvalue weighted by atomic mass is 10.1. The molecule has 2 heteroatoms. The van der Waals surface area contributed by atoms with Crippen LogP contribution in [-0.4, -0.2) is 17.9 Å². The van der Waals surface area contributed by atoms with Crippen LogP contribution in [0.15, 0.2) is 0 Å². The SMILES string of the molecule is CNC1(O)CCCCCC1. The molecule has 1 rings (SSSR count). The Morgan fingerprint density at radius 1 is 1.10 bits per heavy atom. The molecule has 0 unspecified atom stereocenters. The Morgan fingerprint density at radius 2 is 1.60 bits per heavy atom. The van der Waals surface area contributed by atoms with Gasteiger partial charge in [0.25, 0.3) is 0 Å². The van der Waals surface area contributed by atoms with Crippen LogP contribution < -0.4 is 5.32 Å². The fourth-order valence-corrected chi connectivity index (χ4v) is 1.56. The van der Waals surface area contributed by atoms with Gasteiger partial charge in [0.15, 0.2) is 0 Å². The lowest BCUT2D eigenvalue weighted by molar-refractivity contribution is -0.00171. The summed E-state index contributed by atoms with van der Waals surface area (Å²) in [4.78, 5) is 0. The molecular formula is C8H17NO. The van der Waals surface area contributed by atoms with Crippen molar-refractivity contribution in [3.63, 3.8) is 0 Å². The van der Waals surface area contributed by atoms with Crippen molar-refractivity contribution >= 4 is 0 Å². The van der Waals surface area contributed by atoms with E-state index in [0.717, 1.165) is 25.7 Å². The Balaban J connectivity index is 2.41. The molecule has 0 radical (unpaired) electrons. The third-order valence-electron chi connectivity index (χ3n) is 2.40. The first-order valence-corrected chi connectivity index (χ1v) is 4.18.